The molecule has 2 rings (SSSR count). The second kappa shape index (κ2) is 10.6. The molecule has 0 heterocycles. The number of rotatable bonds is 8. The number of ether oxygens (including phenoxy) is 3. The third-order valence-electron chi connectivity index (χ3n) is 3.66. The van der Waals surface area contributed by atoms with Crippen LogP contribution in [0.3, 0.4) is 0 Å². The number of aryl methyl sites for hydroxylation is 1. The van der Waals surface area contributed by atoms with Gasteiger partial charge in [0.1, 0.15) is 0 Å². The van der Waals surface area contributed by atoms with Crippen LogP contribution < -0.4 is 14.9 Å². The maximum absolute atomic E-state index is 12.2. The molecule has 0 spiro atoms. The number of halogens is 1. The number of hydrogen-bond acceptors (Lipinski definition) is 6. The first-order valence-corrected chi connectivity index (χ1v) is 9.59. The Labute approximate surface area is 177 Å². The van der Waals surface area contributed by atoms with E-state index >= 15 is 0 Å². The van der Waals surface area contributed by atoms with Gasteiger partial charge in [0, 0.05) is 5.56 Å². The number of benzene rings is 2. The first-order chi connectivity index (χ1) is 13.5. The fourth-order valence-corrected chi connectivity index (χ4v) is 3.09. The van der Waals surface area contributed by atoms with E-state index in [1.165, 1.54) is 13.3 Å². The molecule has 0 bridgehead atoms. The van der Waals surface area contributed by atoms with Crippen molar-refractivity contribution in [2.24, 2.45) is 5.10 Å². The van der Waals surface area contributed by atoms with Crippen LogP contribution in [-0.4, -0.2) is 38.4 Å². The van der Waals surface area contributed by atoms with Gasteiger partial charge in [-0.05, 0) is 65.8 Å². The summed E-state index contributed by atoms with van der Waals surface area (Å²) in [6.07, 6.45) is 1.52. The smallest absolute Gasteiger partial charge is 0.343 e. The van der Waals surface area contributed by atoms with Gasteiger partial charge in [-0.1, -0.05) is 18.2 Å². The Morgan fingerprint density at radius 1 is 1.21 bits per heavy atom. The van der Waals surface area contributed by atoms with Crippen LogP contribution >= 0.6 is 22.6 Å². The van der Waals surface area contributed by atoms with E-state index in [2.05, 4.69) is 37.9 Å². The minimum absolute atomic E-state index is 0.216. The maximum atomic E-state index is 12.2. The van der Waals surface area contributed by atoms with E-state index in [0.29, 0.717) is 29.2 Å². The predicted molar refractivity (Wildman–Crippen MR) is 114 cm³/mol. The van der Waals surface area contributed by atoms with E-state index in [0.717, 1.165) is 9.13 Å². The molecule has 28 heavy (non-hydrogen) atoms. The maximum Gasteiger partial charge on any atom is 0.343 e. The van der Waals surface area contributed by atoms with Crippen LogP contribution in [0.4, 0.5) is 0 Å². The zero-order valence-corrected chi connectivity index (χ0v) is 18.0. The first-order valence-electron chi connectivity index (χ1n) is 8.51. The monoisotopic (exact) mass is 496 g/mol. The number of nitrogens with one attached hydrogen (secondary N) is 1. The molecule has 1 amide bonds. The van der Waals surface area contributed by atoms with Crippen LogP contribution in [-0.2, 0) is 9.53 Å². The lowest BCUT2D eigenvalue weighted by Gasteiger charge is -2.14. The average Bonchev–Trinajstić information content (AvgIpc) is 2.67. The molecular formula is C20H21IN2O5. The molecule has 7 nitrogen and oxygen atoms in total. The fraction of sp³-hybridized carbons (Fsp3) is 0.250. The van der Waals surface area contributed by atoms with E-state index in [4.69, 9.17) is 9.47 Å². The molecule has 0 aliphatic rings. The topological polar surface area (TPSA) is 86.2 Å². The van der Waals surface area contributed by atoms with Crippen molar-refractivity contribution >= 4 is 40.7 Å². The lowest BCUT2D eigenvalue weighted by atomic mass is 10.1. The van der Waals surface area contributed by atoms with Crippen molar-refractivity contribution in [2.45, 2.75) is 13.8 Å². The lowest BCUT2D eigenvalue weighted by Crippen LogP contribution is -2.18. The van der Waals surface area contributed by atoms with Crippen molar-refractivity contribution < 1.29 is 23.8 Å². The molecule has 0 aliphatic carbocycles. The van der Waals surface area contributed by atoms with Gasteiger partial charge in [-0.15, -0.1) is 0 Å². The molecule has 0 aliphatic heterocycles. The summed E-state index contributed by atoms with van der Waals surface area (Å²) in [5, 5.41) is 4.02. The Morgan fingerprint density at radius 3 is 2.64 bits per heavy atom. The van der Waals surface area contributed by atoms with Crippen LogP contribution in [0.1, 0.15) is 28.4 Å². The first kappa shape index (κ1) is 21.7. The summed E-state index contributed by atoms with van der Waals surface area (Å²) in [5.74, 6) is 0.161. The number of carbonyl (C=O) groups is 2. The zero-order chi connectivity index (χ0) is 20.5. The third-order valence-corrected chi connectivity index (χ3v) is 4.46. The van der Waals surface area contributed by atoms with Gasteiger partial charge >= 0.3 is 5.97 Å². The molecule has 148 valence electrons. The Bertz CT molecular complexity index is 883. The number of amides is 1. The highest BCUT2D eigenvalue weighted by molar-refractivity contribution is 14.1. The summed E-state index contributed by atoms with van der Waals surface area (Å²) in [5.41, 5.74) is 4.66. The van der Waals surface area contributed by atoms with E-state index in [-0.39, 0.29) is 12.5 Å². The highest BCUT2D eigenvalue weighted by Gasteiger charge is 2.14. The summed E-state index contributed by atoms with van der Waals surface area (Å²) < 4.78 is 16.4. The minimum Gasteiger partial charge on any atom is -0.490 e. The van der Waals surface area contributed by atoms with Crippen LogP contribution in [0.2, 0.25) is 0 Å². The van der Waals surface area contributed by atoms with E-state index < -0.39 is 5.97 Å². The Balaban J connectivity index is 2.14. The van der Waals surface area contributed by atoms with Gasteiger partial charge in [-0.3, -0.25) is 4.79 Å². The van der Waals surface area contributed by atoms with Crippen LogP contribution in [0.25, 0.3) is 0 Å². The highest BCUT2D eigenvalue weighted by Crippen LogP contribution is 2.34. The minimum atomic E-state index is -0.484. The Kier molecular flexibility index (Phi) is 8.24. The van der Waals surface area contributed by atoms with Crippen molar-refractivity contribution in [1.29, 1.82) is 0 Å². The lowest BCUT2D eigenvalue weighted by molar-refractivity contribution is -0.142. The van der Waals surface area contributed by atoms with Crippen molar-refractivity contribution in [3.05, 3.63) is 56.7 Å². The molecule has 8 heteroatoms. The van der Waals surface area contributed by atoms with E-state index in [1.807, 2.05) is 26.0 Å². The predicted octanol–water partition coefficient (Wildman–Crippen LogP) is 3.31. The summed E-state index contributed by atoms with van der Waals surface area (Å²) in [6, 6.07) is 10.8. The second-order valence-corrected chi connectivity index (χ2v) is 6.80. The number of hydrogen-bond donors (Lipinski definition) is 1. The zero-order valence-electron chi connectivity index (χ0n) is 15.8. The summed E-state index contributed by atoms with van der Waals surface area (Å²) in [6.45, 7) is 3.92. The fourth-order valence-electron chi connectivity index (χ4n) is 2.31. The second-order valence-electron chi connectivity index (χ2n) is 5.64. The number of hydrazone groups is 1. The molecule has 0 unspecified atom stereocenters. The normalized spacial score (nSPS) is 10.6. The van der Waals surface area contributed by atoms with Gasteiger partial charge in [-0.2, -0.15) is 5.10 Å². The molecule has 2 aromatic carbocycles. The van der Waals surface area contributed by atoms with Gasteiger partial charge in [0.15, 0.2) is 18.1 Å². The third kappa shape index (κ3) is 5.95. The molecule has 0 aromatic heterocycles. The van der Waals surface area contributed by atoms with Crippen LogP contribution in [0.5, 0.6) is 11.5 Å². The number of carbonyl (C=O) groups excluding carboxylic acids is 2. The van der Waals surface area contributed by atoms with Crippen LogP contribution in [0, 0.1) is 10.5 Å². The number of nitrogens with zero attached hydrogens (tertiary/aromatic N) is 1. The molecule has 0 radical (unpaired) electrons. The summed E-state index contributed by atoms with van der Waals surface area (Å²) in [4.78, 5) is 23.5. The van der Waals surface area contributed by atoms with Gasteiger partial charge in [0.25, 0.3) is 5.91 Å². The van der Waals surface area contributed by atoms with E-state index in [9.17, 15) is 9.59 Å². The largest absolute Gasteiger partial charge is 0.490 e. The quantitative estimate of drug-likeness (QED) is 0.262. The molecule has 2 aromatic rings. The molecule has 0 atom stereocenters. The molecule has 1 N–H and O–H groups in total. The van der Waals surface area contributed by atoms with Crippen molar-refractivity contribution in [3.8, 4) is 11.5 Å². The van der Waals surface area contributed by atoms with Crippen molar-refractivity contribution in [3.63, 3.8) is 0 Å². The molecule has 0 saturated heterocycles. The molecule has 0 saturated carbocycles. The molecule has 0 fully saturated rings. The number of esters is 1. The average molecular weight is 496 g/mol. The standard InChI is InChI=1S/C20H21IN2O5/c1-4-27-17-10-14(9-16(21)19(17)28-12-18(24)26-3)11-22-23-20(25)15-8-6-5-7-13(15)2/h5-11H,4,12H2,1-3H3,(H,23,25)/b22-11-. The Morgan fingerprint density at radius 2 is 1.96 bits per heavy atom. The summed E-state index contributed by atoms with van der Waals surface area (Å²) >= 11 is 2.08. The summed E-state index contributed by atoms with van der Waals surface area (Å²) in [7, 11) is 1.30. The Hall–Kier alpha value is -2.62. The van der Waals surface area contributed by atoms with Gasteiger partial charge in [-0.25, -0.2) is 10.2 Å². The highest BCUT2D eigenvalue weighted by atomic mass is 127. The van der Waals surface area contributed by atoms with Crippen molar-refractivity contribution in [1.82, 2.24) is 5.43 Å². The van der Waals surface area contributed by atoms with Gasteiger partial charge in [0.2, 0.25) is 0 Å². The van der Waals surface area contributed by atoms with Gasteiger partial charge in [0.05, 0.1) is 23.5 Å². The van der Waals surface area contributed by atoms with Crippen molar-refractivity contribution in [2.75, 3.05) is 20.3 Å². The van der Waals surface area contributed by atoms with E-state index in [1.54, 1.807) is 24.3 Å². The number of methoxy groups -OCH3 is 1. The molecular weight excluding hydrogens is 475 g/mol. The van der Waals surface area contributed by atoms with Gasteiger partial charge < -0.3 is 14.2 Å². The SMILES string of the molecule is CCOc1cc(/C=N\NC(=O)c2ccccc2C)cc(I)c1OCC(=O)OC. The van der Waals surface area contributed by atoms with Crippen LogP contribution in [0.15, 0.2) is 41.5 Å².